The van der Waals surface area contributed by atoms with Gasteiger partial charge in [-0.2, -0.15) is 4.98 Å². The van der Waals surface area contributed by atoms with Crippen molar-refractivity contribution in [2.24, 2.45) is 0 Å². The van der Waals surface area contributed by atoms with Crippen LogP contribution in [0, 0.1) is 0 Å². The van der Waals surface area contributed by atoms with Crippen molar-refractivity contribution in [3.63, 3.8) is 0 Å². The van der Waals surface area contributed by atoms with Gasteiger partial charge in [-0.1, -0.05) is 35.3 Å². The molecule has 126 valence electrons. The van der Waals surface area contributed by atoms with Gasteiger partial charge < -0.3 is 15.7 Å². The van der Waals surface area contributed by atoms with Crippen LogP contribution in [-0.4, -0.2) is 21.0 Å². The van der Waals surface area contributed by atoms with E-state index < -0.39 is 5.97 Å². The Kier molecular flexibility index (Phi) is 5.02. The molecule has 3 rings (SSSR count). The molecule has 0 bridgehead atoms. The van der Waals surface area contributed by atoms with Crippen LogP contribution in [0.15, 0.2) is 54.7 Å². The predicted molar refractivity (Wildman–Crippen MR) is 98.5 cm³/mol. The van der Waals surface area contributed by atoms with Crippen LogP contribution in [0.1, 0.15) is 10.4 Å². The third-order valence-electron chi connectivity index (χ3n) is 3.25. The molecule has 0 saturated heterocycles. The molecule has 0 saturated carbocycles. The van der Waals surface area contributed by atoms with Gasteiger partial charge in [-0.05, 0) is 36.4 Å². The van der Waals surface area contributed by atoms with Crippen molar-refractivity contribution in [1.29, 1.82) is 0 Å². The zero-order valence-corrected chi connectivity index (χ0v) is 14.2. The van der Waals surface area contributed by atoms with Gasteiger partial charge in [-0.25, -0.2) is 9.78 Å². The number of nitrogens with one attached hydrogen (secondary N) is 2. The molecule has 0 fully saturated rings. The molecule has 25 heavy (non-hydrogen) atoms. The maximum Gasteiger partial charge on any atom is 0.337 e. The molecule has 3 N–H and O–H groups in total. The Bertz CT molecular complexity index is 934. The van der Waals surface area contributed by atoms with Crippen molar-refractivity contribution < 1.29 is 9.90 Å². The SMILES string of the molecule is O=C(O)c1ccccc1Nc1ccnc(Nc2ccc(Cl)cc2Cl)n1. The van der Waals surface area contributed by atoms with Gasteiger partial charge in [0.2, 0.25) is 5.95 Å². The lowest BCUT2D eigenvalue weighted by Gasteiger charge is -2.11. The molecule has 0 unspecified atom stereocenters. The molecule has 1 aromatic heterocycles. The lowest BCUT2D eigenvalue weighted by Crippen LogP contribution is -2.05. The number of carbonyl (C=O) groups is 1. The number of para-hydroxylation sites is 1. The van der Waals surface area contributed by atoms with Crippen molar-refractivity contribution >= 4 is 52.3 Å². The number of anilines is 4. The van der Waals surface area contributed by atoms with Crippen LogP contribution in [0.25, 0.3) is 0 Å². The van der Waals surface area contributed by atoms with Crippen molar-refractivity contribution in [2.45, 2.75) is 0 Å². The number of nitrogens with zero attached hydrogens (tertiary/aromatic N) is 2. The number of aromatic carboxylic acids is 1. The number of rotatable bonds is 5. The highest BCUT2D eigenvalue weighted by Crippen LogP contribution is 2.27. The first-order valence-corrected chi connectivity index (χ1v) is 7.93. The minimum atomic E-state index is -1.02. The molecule has 0 spiro atoms. The summed E-state index contributed by atoms with van der Waals surface area (Å²) in [6.07, 6.45) is 1.55. The second kappa shape index (κ2) is 7.38. The van der Waals surface area contributed by atoms with E-state index in [-0.39, 0.29) is 5.56 Å². The first-order chi connectivity index (χ1) is 12.0. The number of aromatic nitrogens is 2. The van der Waals surface area contributed by atoms with Gasteiger partial charge in [0.15, 0.2) is 0 Å². The Morgan fingerprint density at radius 1 is 1.00 bits per heavy atom. The van der Waals surface area contributed by atoms with Gasteiger partial charge in [0.25, 0.3) is 0 Å². The van der Waals surface area contributed by atoms with Crippen LogP contribution in [0.5, 0.6) is 0 Å². The zero-order valence-electron chi connectivity index (χ0n) is 12.7. The fourth-order valence-corrected chi connectivity index (χ4v) is 2.57. The minimum absolute atomic E-state index is 0.149. The quantitative estimate of drug-likeness (QED) is 0.584. The molecule has 0 amide bonds. The first kappa shape index (κ1) is 17.0. The number of carboxylic acids is 1. The predicted octanol–water partition coefficient (Wildman–Crippen LogP) is 4.97. The smallest absolute Gasteiger partial charge is 0.337 e. The highest BCUT2D eigenvalue weighted by molar-refractivity contribution is 6.36. The number of carboxylic acid groups (broad SMARTS) is 1. The lowest BCUT2D eigenvalue weighted by atomic mass is 10.2. The van der Waals surface area contributed by atoms with Crippen molar-refractivity contribution in [3.8, 4) is 0 Å². The molecule has 0 radical (unpaired) electrons. The Balaban J connectivity index is 1.84. The van der Waals surface area contributed by atoms with E-state index in [4.69, 9.17) is 23.2 Å². The summed E-state index contributed by atoms with van der Waals surface area (Å²) < 4.78 is 0. The van der Waals surface area contributed by atoms with Gasteiger partial charge in [-0.15, -0.1) is 0 Å². The van der Waals surface area contributed by atoms with E-state index in [0.29, 0.717) is 33.2 Å². The molecule has 0 aliphatic carbocycles. The summed E-state index contributed by atoms with van der Waals surface area (Å²) in [6, 6.07) is 13.2. The molecular formula is C17H12Cl2N4O2. The summed E-state index contributed by atoms with van der Waals surface area (Å²) in [5.41, 5.74) is 1.19. The topological polar surface area (TPSA) is 87.1 Å². The zero-order chi connectivity index (χ0) is 17.8. The highest BCUT2D eigenvalue weighted by atomic mass is 35.5. The van der Waals surface area contributed by atoms with Crippen molar-refractivity contribution in [2.75, 3.05) is 10.6 Å². The van der Waals surface area contributed by atoms with Crippen molar-refractivity contribution in [1.82, 2.24) is 9.97 Å². The van der Waals surface area contributed by atoms with E-state index in [1.807, 2.05) is 0 Å². The van der Waals surface area contributed by atoms with Gasteiger partial charge in [0.1, 0.15) is 5.82 Å². The van der Waals surface area contributed by atoms with E-state index in [2.05, 4.69) is 20.6 Å². The first-order valence-electron chi connectivity index (χ1n) is 7.17. The maximum atomic E-state index is 11.3. The average molecular weight is 375 g/mol. The minimum Gasteiger partial charge on any atom is -0.478 e. The fourth-order valence-electron chi connectivity index (χ4n) is 2.12. The van der Waals surface area contributed by atoms with Crippen LogP contribution in [-0.2, 0) is 0 Å². The second-order valence-corrected chi connectivity index (χ2v) is 5.83. The van der Waals surface area contributed by atoms with E-state index in [1.165, 1.54) is 6.07 Å². The molecule has 8 heteroatoms. The van der Waals surface area contributed by atoms with Crippen LogP contribution >= 0.6 is 23.2 Å². The van der Waals surface area contributed by atoms with Crippen LogP contribution < -0.4 is 10.6 Å². The fraction of sp³-hybridized carbons (Fsp3) is 0. The van der Waals surface area contributed by atoms with Crippen LogP contribution in [0.3, 0.4) is 0 Å². The van der Waals surface area contributed by atoms with Gasteiger partial charge in [-0.3, -0.25) is 0 Å². The number of hydrogen-bond acceptors (Lipinski definition) is 5. The lowest BCUT2D eigenvalue weighted by molar-refractivity contribution is 0.0698. The number of halogens is 2. The van der Waals surface area contributed by atoms with E-state index in [9.17, 15) is 9.90 Å². The molecular weight excluding hydrogens is 363 g/mol. The van der Waals surface area contributed by atoms with Gasteiger partial charge in [0.05, 0.1) is 22.0 Å². The molecule has 6 nitrogen and oxygen atoms in total. The molecule has 2 aromatic carbocycles. The third-order valence-corrected chi connectivity index (χ3v) is 3.80. The Morgan fingerprint density at radius 3 is 2.56 bits per heavy atom. The summed E-state index contributed by atoms with van der Waals surface area (Å²) in [7, 11) is 0. The molecule has 0 aliphatic rings. The molecule has 0 atom stereocenters. The normalized spacial score (nSPS) is 10.3. The Morgan fingerprint density at radius 2 is 1.80 bits per heavy atom. The monoisotopic (exact) mass is 374 g/mol. The molecule has 3 aromatic rings. The van der Waals surface area contributed by atoms with Crippen LogP contribution in [0.2, 0.25) is 10.0 Å². The summed E-state index contributed by atoms with van der Waals surface area (Å²) >= 11 is 12.0. The standard InChI is InChI=1S/C17H12Cl2N4O2/c18-10-5-6-14(12(19)9-10)22-17-20-8-7-15(23-17)21-13-4-2-1-3-11(13)16(24)25/h1-9H,(H,24,25)(H2,20,21,22,23). The average Bonchev–Trinajstić information content (AvgIpc) is 2.58. The van der Waals surface area contributed by atoms with E-state index in [1.54, 1.807) is 48.7 Å². The van der Waals surface area contributed by atoms with Crippen molar-refractivity contribution in [3.05, 3.63) is 70.3 Å². The Hall–Kier alpha value is -2.83. The molecule has 0 aliphatic heterocycles. The third kappa shape index (κ3) is 4.17. The molecule has 1 heterocycles. The summed E-state index contributed by atoms with van der Waals surface area (Å²) in [4.78, 5) is 19.7. The van der Waals surface area contributed by atoms with Crippen LogP contribution in [0.4, 0.5) is 23.1 Å². The number of benzene rings is 2. The largest absolute Gasteiger partial charge is 0.478 e. The number of hydrogen-bond donors (Lipinski definition) is 3. The maximum absolute atomic E-state index is 11.3. The summed E-state index contributed by atoms with van der Waals surface area (Å²) in [5.74, 6) is -0.276. The van der Waals surface area contributed by atoms with E-state index >= 15 is 0 Å². The highest BCUT2D eigenvalue weighted by Gasteiger charge is 2.10. The van der Waals surface area contributed by atoms with E-state index in [0.717, 1.165) is 0 Å². The summed E-state index contributed by atoms with van der Waals surface area (Å²) in [6.45, 7) is 0. The second-order valence-electron chi connectivity index (χ2n) is 4.99. The summed E-state index contributed by atoms with van der Waals surface area (Å²) in [5, 5.41) is 16.2. The van der Waals surface area contributed by atoms with Gasteiger partial charge >= 0.3 is 5.97 Å². The van der Waals surface area contributed by atoms with Gasteiger partial charge in [0, 0.05) is 11.2 Å². The Labute approximate surface area is 153 Å².